The molecule has 17 heavy (non-hydrogen) atoms. The highest BCUT2D eigenvalue weighted by molar-refractivity contribution is 5.74. The zero-order chi connectivity index (χ0) is 13.1. The molecule has 0 saturated heterocycles. The molecule has 0 aliphatic heterocycles. The van der Waals surface area contributed by atoms with Gasteiger partial charge in [-0.3, -0.25) is 0 Å². The second-order valence-corrected chi connectivity index (χ2v) is 5.28. The summed E-state index contributed by atoms with van der Waals surface area (Å²) in [6, 6.07) is 7.47. The van der Waals surface area contributed by atoms with Crippen LogP contribution in [-0.2, 0) is 6.54 Å². The number of carbonyl (C=O) groups excluding carboxylic acids is 1. The molecule has 4 nitrogen and oxygen atoms in total. The third-order valence-electron chi connectivity index (χ3n) is 2.20. The largest absolute Gasteiger partial charge is 0.399 e. The van der Waals surface area contributed by atoms with Crippen LogP contribution in [0, 0.1) is 0 Å². The molecule has 0 saturated carbocycles. The van der Waals surface area contributed by atoms with E-state index in [0.29, 0.717) is 12.2 Å². The van der Waals surface area contributed by atoms with Crippen molar-refractivity contribution in [1.29, 1.82) is 0 Å². The van der Waals surface area contributed by atoms with Crippen molar-refractivity contribution in [2.75, 3.05) is 12.8 Å². The molecule has 1 aromatic rings. The topological polar surface area (TPSA) is 58.4 Å². The molecule has 0 atom stereocenters. The fraction of sp³-hybridized carbons (Fsp3) is 0.462. The molecule has 4 heteroatoms. The van der Waals surface area contributed by atoms with Gasteiger partial charge in [-0.15, -0.1) is 0 Å². The Balaban J connectivity index is 2.60. The van der Waals surface area contributed by atoms with Crippen LogP contribution in [0.3, 0.4) is 0 Å². The van der Waals surface area contributed by atoms with Crippen molar-refractivity contribution in [3.8, 4) is 0 Å². The molecular formula is C13H21N3O. The molecule has 0 heterocycles. The fourth-order valence-electron chi connectivity index (χ4n) is 1.45. The van der Waals surface area contributed by atoms with E-state index in [2.05, 4.69) is 5.32 Å². The van der Waals surface area contributed by atoms with Gasteiger partial charge in [0, 0.05) is 24.8 Å². The highest BCUT2D eigenvalue weighted by Gasteiger charge is 2.16. The first-order chi connectivity index (χ1) is 7.78. The second-order valence-electron chi connectivity index (χ2n) is 5.28. The third-order valence-corrected chi connectivity index (χ3v) is 2.20. The number of hydrogen-bond donors (Lipinski definition) is 2. The van der Waals surface area contributed by atoms with E-state index >= 15 is 0 Å². The SMILES string of the molecule is CN(Cc1cccc(N)c1)C(=O)NC(C)(C)C. The van der Waals surface area contributed by atoms with Crippen molar-refractivity contribution in [3.05, 3.63) is 29.8 Å². The molecule has 0 aliphatic carbocycles. The van der Waals surface area contributed by atoms with Gasteiger partial charge in [0.15, 0.2) is 0 Å². The molecule has 94 valence electrons. The zero-order valence-electron chi connectivity index (χ0n) is 10.9. The maximum Gasteiger partial charge on any atom is 0.317 e. The molecule has 0 spiro atoms. The Kier molecular flexibility index (Phi) is 3.99. The van der Waals surface area contributed by atoms with Crippen LogP contribution in [0.5, 0.6) is 0 Å². The first-order valence-corrected chi connectivity index (χ1v) is 5.65. The summed E-state index contributed by atoms with van der Waals surface area (Å²) in [6.45, 7) is 6.42. The summed E-state index contributed by atoms with van der Waals surface area (Å²) in [7, 11) is 1.77. The molecule has 2 amide bonds. The number of nitrogens with zero attached hydrogens (tertiary/aromatic N) is 1. The fourth-order valence-corrected chi connectivity index (χ4v) is 1.45. The lowest BCUT2D eigenvalue weighted by atomic mass is 10.1. The predicted molar refractivity (Wildman–Crippen MR) is 70.6 cm³/mol. The second kappa shape index (κ2) is 5.08. The van der Waals surface area contributed by atoms with Gasteiger partial charge in [0.2, 0.25) is 0 Å². The number of nitrogen functional groups attached to an aromatic ring is 1. The minimum Gasteiger partial charge on any atom is -0.399 e. The maximum absolute atomic E-state index is 11.8. The predicted octanol–water partition coefficient (Wildman–Crippen LogP) is 2.21. The minimum atomic E-state index is -0.221. The first kappa shape index (κ1) is 13.4. The average Bonchev–Trinajstić information content (AvgIpc) is 2.14. The number of anilines is 1. The number of nitrogens with one attached hydrogen (secondary N) is 1. The summed E-state index contributed by atoms with van der Waals surface area (Å²) < 4.78 is 0. The summed E-state index contributed by atoms with van der Waals surface area (Å²) in [5.74, 6) is 0. The van der Waals surface area contributed by atoms with Gasteiger partial charge in [-0.1, -0.05) is 12.1 Å². The first-order valence-electron chi connectivity index (χ1n) is 5.65. The Bertz CT molecular complexity index is 396. The standard InChI is InChI=1S/C13H21N3O/c1-13(2,3)15-12(17)16(4)9-10-6-5-7-11(14)8-10/h5-8H,9,14H2,1-4H3,(H,15,17). The van der Waals surface area contributed by atoms with Crippen LogP contribution in [-0.4, -0.2) is 23.5 Å². The van der Waals surface area contributed by atoms with E-state index in [0.717, 1.165) is 5.56 Å². The van der Waals surface area contributed by atoms with Crippen molar-refractivity contribution in [1.82, 2.24) is 10.2 Å². The average molecular weight is 235 g/mol. The molecule has 1 rings (SSSR count). The maximum atomic E-state index is 11.8. The Morgan fingerprint density at radius 1 is 1.41 bits per heavy atom. The Labute approximate surface area is 103 Å². The lowest BCUT2D eigenvalue weighted by molar-refractivity contribution is 0.197. The number of nitrogens with two attached hydrogens (primary N) is 1. The molecule has 0 fully saturated rings. The van der Waals surface area contributed by atoms with Crippen molar-refractivity contribution in [2.45, 2.75) is 32.9 Å². The van der Waals surface area contributed by atoms with Gasteiger partial charge in [0.1, 0.15) is 0 Å². The van der Waals surface area contributed by atoms with E-state index in [1.165, 1.54) is 0 Å². The van der Waals surface area contributed by atoms with Crippen molar-refractivity contribution in [3.63, 3.8) is 0 Å². The normalized spacial score (nSPS) is 11.1. The van der Waals surface area contributed by atoms with Gasteiger partial charge in [0.05, 0.1) is 0 Å². The number of carbonyl (C=O) groups is 1. The molecule has 0 aliphatic rings. The summed E-state index contributed by atoms with van der Waals surface area (Å²) >= 11 is 0. The molecule has 0 aromatic heterocycles. The van der Waals surface area contributed by atoms with Crippen LogP contribution in [0.25, 0.3) is 0 Å². The van der Waals surface area contributed by atoms with Gasteiger partial charge in [0.25, 0.3) is 0 Å². The number of urea groups is 1. The summed E-state index contributed by atoms with van der Waals surface area (Å²) in [6.07, 6.45) is 0. The van der Waals surface area contributed by atoms with Gasteiger partial charge in [-0.25, -0.2) is 4.79 Å². The quantitative estimate of drug-likeness (QED) is 0.772. The number of hydrogen-bond acceptors (Lipinski definition) is 2. The lowest BCUT2D eigenvalue weighted by Crippen LogP contribution is -2.46. The molecule has 0 radical (unpaired) electrons. The van der Waals surface area contributed by atoms with E-state index in [9.17, 15) is 4.79 Å². The number of amides is 2. The van der Waals surface area contributed by atoms with Crippen LogP contribution in [0.2, 0.25) is 0 Å². The summed E-state index contributed by atoms with van der Waals surface area (Å²) in [4.78, 5) is 13.5. The Morgan fingerprint density at radius 3 is 2.59 bits per heavy atom. The van der Waals surface area contributed by atoms with E-state index in [1.807, 2.05) is 45.0 Å². The number of rotatable bonds is 2. The monoisotopic (exact) mass is 235 g/mol. The van der Waals surface area contributed by atoms with Crippen LogP contribution in [0.15, 0.2) is 24.3 Å². The van der Waals surface area contributed by atoms with Crippen molar-refractivity contribution < 1.29 is 4.79 Å². The lowest BCUT2D eigenvalue weighted by Gasteiger charge is -2.25. The summed E-state index contributed by atoms with van der Waals surface area (Å²) in [5.41, 5.74) is 7.21. The van der Waals surface area contributed by atoms with Crippen LogP contribution < -0.4 is 11.1 Å². The highest BCUT2D eigenvalue weighted by atomic mass is 16.2. The van der Waals surface area contributed by atoms with E-state index in [4.69, 9.17) is 5.73 Å². The van der Waals surface area contributed by atoms with Crippen LogP contribution in [0.1, 0.15) is 26.3 Å². The van der Waals surface area contributed by atoms with Gasteiger partial charge in [-0.2, -0.15) is 0 Å². The van der Waals surface area contributed by atoms with E-state index in [1.54, 1.807) is 11.9 Å². The third kappa shape index (κ3) is 4.76. The molecule has 0 bridgehead atoms. The number of benzene rings is 1. The van der Waals surface area contributed by atoms with Crippen molar-refractivity contribution >= 4 is 11.7 Å². The minimum absolute atomic E-state index is 0.0834. The summed E-state index contributed by atoms with van der Waals surface area (Å²) in [5, 5.41) is 2.91. The molecule has 3 N–H and O–H groups in total. The van der Waals surface area contributed by atoms with Gasteiger partial charge in [-0.05, 0) is 38.5 Å². The Morgan fingerprint density at radius 2 is 2.06 bits per heavy atom. The smallest absolute Gasteiger partial charge is 0.317 e. The highest BCUT2D eigenvalue weighted by Crippen LogP contribution is 2.09. The van der Waals surface area contributed by atoms with Crippen LogP contribution in [0.4, 0.5) is 10.5 Å². The van der Waals surface area contributed by atoms with Gasteiger partial charge >= 0.3 is 6.03 Å². The van der Waals surface area contributed by atoms with E-state index < -0.39 is 0 Å². The zero-order valence-corrected chi connectivity index (χ0v) is 10.9. The Hall–Kier alpha value is -1.71. The molecular weight excluding hydrogens is 214 g/mol. The van der Waals surface area contributed by atoms with E-state index in [-0.39, 0.29) is 11.6 Å². The van der Waals surface area contributed by atoms with Gasteiger partial charge < -0.3 is 16.0 Å². The van der Waals surface area contributed by atoms with Crippen LogP contribution >= 0.6 is 0 Å². The molecule has 1 aromatic carbocycles. The molecule has 0 unspecified atom stereocenters. The van der Waals surface area contributed by atoms with Crippen molar-refractivity contribution in [2.24, 2.45) is 0 Å².